The van der Waals surface area contributed by atoms with Gasteiger partial charge in [0, 0.05) is 41.4 Å². The van der Waals surface area contributed by atoms with Crippen LogP contribution in [0.5, 0.6) is 0 Å². The van der Waals surface area contributed by atoms with E-state index in [0.29, 0.717) is 19.5 Å². The number of carbonyl (C=O) groups is 1. The van der Waals surface area contributed by atoms with Crippen molar-refractivity contribution in [3.8, 4) is 6.07 Å². The van der Waals surface area contributed by atoms with Gasteiger partial charge in [0.1, 0.15) is 17.0 Å². The van der Waals surface area contributed by atoms with E-state index in [1.54, 1.807) is 16.9 Å². The van der Waals surface area contributed by atoms with E-state index >= 15 is 8.78 Å². The van der Waals surface area contributed by atoms with Crippen molar-refractivity contribution in [2.24, 2.45) is 5.41 Å². The summed E-state index contributed by atoms with van der Waals surface area (Å²) >= 11 is 12.3. The van der Waals surface area contributed by atoms with Gasteiger partial charge in [0.25, 0.3) is 0 Å². The summed E-state index contributed by atoms with van der Waals surface area (Å²) in [7, 11) is 3.73. The van der Waals surface area contributed by atoms with Crippen molar-refractivity contribution >= 4 is 34.9 Å². The van der Waals surface area contributed by atoms with Crippen LogP contribution < -0.4 is 10.6 Å². The minimum atomic E-state index is -1.74. The second-order valence-electron chi connectivity index (χ2n) is 14.6. The van der Waals surface area contributed by atoms with Gasteiger partial charge < -0.3 is 25.4 Å². The minimum Gasteiger partial charge on any atom is -0.389 e. The second-order valence-corrected chi connectivity index (χ2v) is 15.4. The summed E-state index contributed by atoms with van der Waals surface area (Å²) in [4.78, 5) is 16.0. The number of aliphatic hydroxyl groups is 1. The number of nitriles is 1. The molecule has 49 heavy (non-hydrogen) atoms. The van der Waals surface area contributed by atoms with E-state index in [2.05, 4.69) is 21.8 Å². The number of aliphatic hydroxyl groups excluding tert-OH is 1. The standard InChI is InChI=1S/C35H44Cl2F2N6O3.CH4/c1-33(2,3)16-27-35(19-40,24-12-11-21(36)15-26(24)38)29(23-9-8-10-25(37)30(23)39)31(41-27)32(47)42-28-13-14-45(43-28)20-34(4,5)48-18-22(46)17-44(6)7;/h8-15,22,27,29,31,41,46H,16-18,20H2,1-7H3,(H,42,43,47);1H4/t22-,27+,29+,31-,35+;/m1./s1. The number of benzene rings is 2. The van der Waals surface area contributed by atoms with Crippen LogP contribution in [0.25, 0.3) is 0 Å². The van der Waals surface area contributed by atoms with Gasteiger partial charge in [-0.25, -0.2) is 8.78 Å². The summed E-state index contributed by atoms with van der Waals surface area (Å²) in [6.45, 7) is 10.6. The number of hydrogen-bond acceptors (Lipinski definition) is 7. The normalized spacial score (nSPS) is 21.7. The number of hydrogen-bond donors (Lipinski definition) is 3. The lowest BCUT2D eigenvalue weighted by molar-refractivity contribution is -0.118. The van der Waals surface area contributed by atoms with Gasteiger partial charge in [-0.2, -0.15) is 10.4 Å². The Balaban J connectivity index is 0.00000650. The van der Waals surface area contributed by atoms with Gasteiger partial charge in [-0.05, 0) is 63.5 Å². The fraction of sp³-hybridized carbons (Fsp3) is 0.528. The van der Waals surface area contributed by atoms with Crippen molar-refractivity contribution < 1.29 is 23.4 Å². The SMILES string of the molecule is C.CN(C)C[C@@H](O)COC(C)(C)Cn1ccc(NC(=O)[C@@H]2N[C@@H](CC(C)(C)C)[C@](C#N)(c3ccc(Cl)cc3F)[C@H]2c2cccc(Cl)c2F)n1. The van der Waals surface area contributed by atoms with Gasteiger partial charge in [-0.3, -0.25) is 9.48 Å². The first-order valence-electron chi connectivity index (χ1n) is 15.7. The number of ether oxygens (including phenoxy) is 1. The number of aromatic nitrogens is 2. The number of carbonyl (C=O) groups excluding carboxylic acids is 1. The molecule has 4 rings (SSSR count). The average Bonchev–Trinajstić information content (AvgIpc) is 3.53. The van der Waals surface area contributed by atoms with E-state index in [1.165, 1.54) is 30.3 Å². The quantitative estimate of drug-likeness (QED) is 0.189. The molecule has 0 saturated carbocycles. The van der Waals surface area contributed by atoms with Crippen molar-refractivity contribution in [3.63, 3.8) is 0 Å². The maximum absolute atomic E-state index is 15.9. The van der Waals surface area contributed by atoms with Crippen LogP contribution in [0.3, 0.4) is 0 Å². The lowest BCUT2D eigenvalue weighted by Crippen LogP contribution is -2.45. The lowest BCUT2D eigenvalue weighted by atomic mass is 9.62. The third-order valence-electron chi connectivity index (χ3n) is 8.41. The predicted octanol–water partition coefficient (Wildman–Crippen LogP) is 6.78. The number of nitrogens with zero attached hydrogens (tertiary/aromatic N) is 4. The third kappa shape index (κ3) is 9.37. The van der Waals surface area contributed by atoms with Crippen LogP contribution in [0, 0.1) is 28.4 Å². The zero-order valence-electron chi connectivity index (χ0n) is 28.3. The van der Waals surface area contributed by atoms with Gasteiger partial charge in [0.2, 0.25) is 5.91 Å². The van der Waals surface area contributed by atoms with Crippen LogP contribution in [0.2, 0.25) is 10.0 Å². The molecular weight excluding hydrogens is 673 g/mol. The third-order valence-corrected chi connectivity index (χ3v) is 8.94. The molecule has 5 atom stereocenters. The minimum absolute atomic E-state index is 0. The van der Waals surface area contributed by atoms with Crippen molar-refractivity contribution in [2.45, 2.75) is 90.1 Å². The maximum Gasteiger partial charge on any atom is 0.243 e. The van der Waals surface area contributed by atoms with Crippen LogP contribution in [0.4, 0.5) is 14.6 Å². The van der Waals surface area contributed by atoms with E-state index < -0.39 is 52.7 Å². The fourth-order valence-electron chi connectivity index (χ4n) is 6.51. The second kappa shape index (κ2) is 15.8. The summed E-state index contributed by atoms with van der Waals surface area (Å²) in [6, 6.07) is 10.4. The van der Waals surface area contributed by atoms with Crippen molar-refractivity contribution in [2.75, 3.05) is 32.6 Å². The van der Waals surface area contributed by atoms with Gasteiger partial charge in [-0.15, -0.1) is 0 Å². The van der Waals surface area contributed by atoms with E-state index in [0.717, 1.165) is 6.07 Å². The highest BCUT2D eigenvalue weighted by atomic mass is 35.5. The van der Waals surface area contributed by atoms with Crippen LogP contribution in [-0.4, -0.2) is 76.7 Å². The van der Waals surface area contributed by atoms with Gasteiger partial charge in [0.05, 0.1) is 42.0 Å². The lowest BCUT2D eigenvalue weighted by Gasteiger charge is -2.37. The van der Waals surface area contributed by atoms with Gasteiger partial charge >= 0.3 is 0 Å². The Morgan fingerprint density at radius 1 is 1.20 bits per heavy atom. The molecule has 2 aromatic carbocycles. The monoisotopic (exact) mass is 720 g/mol. The molecule has 3 aromatic rings. The van der Waals surface area contributed by atoms with Crippen LogP contribution in [-0.2, 0) is 21.5 Å². The van der Waals surface area contributed by atoms with Crippen LogP contribution in [0.1, 0.15) is 65.5 Å². The molecule has 268 valence electrons. The first kappa shape index (κ1) is 40.3. The largest absolute Gasteiger partial charge is 0.389 e. The molecule has 3 N–H and O–H groups in total. The number of rotatable bonds is 12. The Kier molecular flexibility index (Phi) is 13.0. The molecule has 1 saturated heterocycles. The number of anilines is 1. The molecule has 2 heterocycles. The Morgan fingerprint density at radius 2 is 1.90 bits per heavy atom. The molecule has 0 radical (unpaired) electrons. The molecule has 1 fully saturated rings. The van der Waals surface area contributed by atoms with Crippen LogP contribution in [0.15, 0.2) is 48.7 Å². The highest BCUT2D eigenvalue weighted by Crippen LogP contribution is 2.52. The highest BCUT2D eigenvalue weighted by molar-refractivity contribution is 6.31. The number of amides is 1. The Morgan fingerprint density at radius 3 is 2.51 bits per heavy atom. The summed E-state index contributed by atoms with van der Waals surface area (Å²) in [5.41, 5.74) is -2.81. The Hall–Kier alpha value is -3.11. The van der Waals surface area contributed by atoms with E-state index in [1.807, 2.05) is 53.6 Å². The Bertz CT molecular complexity index is 1650. The topological polar surface area (TPSA) is 115 Å². The molecule has 1 aliphatic heterocycles. The fourth-order valence-corrected chi connectivity index (χ4v) is 6.85. The van der Waals surface area contributed by atoms with E-state index in [-0.39, 0.29) is 46.4 Å². The first-order chi connectivity index (χ1) is 22.4. The van der Waals surface area contributed by atoms with Crippen molar-refractivity contribution in [1.29, 1.82) is 5.26 Å². The number of likely N-dealkylation sites (N-methyl/N-ethyl adjacent to an activating group) is 1. The zero-order valence-corrected chi connectivity index (χ0v) is 29.8. The molecule has 0 spiro atoms. The molecule has 0 aliphatic carbocycles. The molecule has 0 unspecified atom stereocenters. The van der Waals surface area contributed by atoms with Crippen LogP contribution >= 0.6 is 23.2 Å². The highest BCUT2D eigenvalue weighted by Gasteiger charge is 2.61. The summed E-state index contributed by atoms with van der Waals surface area (Å²) in [5, 5.41) is 31.8. The molecular formula is C36H48Cl2F2N6O3. The molecule has 9 nitrogen and oxygen atoms in total. The molecule has 13 heteroatoms. The van der Waals surface area contributed by atoms with Gasteiger partial charge in [-0.1, -0.05) is 69.6 Å². The average molecular weight is 722 g/mol. The Labute approximate surface area is 298 Å². The summed E-state index contributed by atoms with van der Waals surface area (Å²) < 4.78 is 39.3. The molecule has 1 aliphatic rings. The van der Waals surface area contributed by atoms with Crippen molar-refractivity contribution in [1.82, 2.24) is 20.0 Å². The zero-order chi connectivity index (χ0) is 35.6. The van der Waals surface area contributed by atoms with E-state index in [4.69, 9.17) is 27.9 Å². The van der Waals surface area contributed by atoms with Crippen molar-refractivity contribution in [3.05, 3.63) is 81.5 Å². The molecule has 1 aromatic heterocycles. The van der Waals surface area contributed by atoms with Gasteiger partial charge in [0.15, 0.2) is 5.82 Å². The van der Waals surface area contributed by atoms with E-state index in [9.17, 15) is 15.2 Å². The summed E-state index contributed by atoms with van der Waals surface area (Å²) in [5.74, 6) is -3.10. The molecule has 1 amide bonds. The smallest absolute Gasteiger partial charge is 0.243 e. The summed E-state index contributed by atoms with van der Waals surface area (Å²) in [6.07, 6.45) is 1.36. The predicted molar refractivity (Wildman–Crippen MR) is 190 cm³/mol. The number of nitrogens with one attached hydrogen (secondary N) is 2. The first-order valence-corrected chi connectivity index (χ1v) is 16.5. The molecule has 0 bridgehead atoms. The maximum atomic E-state index is 15.9. The number of halogens is 4.